The summed E-state index contributed by atoms with van der Waals surface area (Å²) >= 11 is 0. The first kappa shape index (κ1) is 16.7. The molecular formula is C19H18O6. The number of phenolic OH excluding ortho intramolecular Hbond substituents is 1. The number of ether oxygens (including phenoxy) is 4. The van der Waals surface area contributed by atoms with E-state index in [4.69, 9.17) is 18.9 Å². The fourth-order valence-electron chi connectivity index (χ4n) is 2.76. The molecule has 6 nitrogen and oxygen atoms in total. The Morgan fingerprint density at radius 2 is 1.80 bits per heavy atom. The van der Waals surface area contributed by atoms with Crippen molar-refractivity contribution in [1.29, 1.82) is 0 Å². The molecule has 0 atom stereocenters. The average molecular weight is 342 g/mol. The lowest BCUT2D eigenvalue weighted by Gasteiger charge is -2.21. The highest BCUT2D eigenvalue weighted by molar-refractivity contribution is 6.12. The van der Waals surface area contributed by atoms with Gasteiger partial charge in [0.2, 0.25) is 5.78 Å². The zero-order valence-corrected chi connectivity index (χ0v) is 14.2. The summed E-state index contributed by atoms with van der Waals surface area (Å²) in [6.07, 6.45) is 1.61. The van der Waals surface area contributed by atoms with Gasteiger partial charge in [-0.05, 0) is 24.3 Å². The molecule has 6 heteroatoms. The second-order valence-electron chi connectivity index (χ2n) is 5.35. The van der Waals surface area contributed by atoms with E-state index >= 15 is 0 Å². The van der Waals surface area contributed by atoms with Crippen LogP contribution in [0.2, 0.25) is 0 Å². The van der Waals surface area contributed by atoms with Crippen molar-refractivity contribution in [2.24, 2.45) is 0 Å². The normalized spacial score (nSPS) is 14.7. The molecule has 0 saturated heterocycles. The first-order valence-electron chi connectivity index (χ1n) is 7.59. The second-order valence-corrected chi connectivity index (χ2v) is 5.35. The number of rotatable bonds is 4. The lowest BCUT2D eigenvalue weighted by molar-refractivity contribution is 0.0866. The minimum Gasteiger partial charge on any atom is -0.504 e. The van der Waals surface area contributed by atoms with Crippen molar-refractivity contribution in [3.63, 3.8) is 0 Å². The van der Waals surface area contributed by atoms with Gasteiger partial charge in [-0.2, -0.15) is 0 Å². The highest BCUT2D eigenvalue weighted by Crippen LogP contribution is 2.38. The van der Waals surface area contributed by atoms with Gasteiger partial charge in [0.15, 0.2) is 28.8 Å². The number of allylic oxidation sites excluding steroid dienone is 1. The first-order chi connectivity index (χ1) is 12.1. The molecule has 1 N–H and O–H groups in total. The van der Waals surface area contributed by atoms with Gasteiger partial charge in [0.25, 0.3) is 0 Å². The van der Waals surface area contributed by atoms with Gasteiger partial charge in [-0.25, -0.2) is 0 Å². The Labute approximate surface area is 145 Å². The molecule has 25 heavy (non-hydrogen) atoms. The lowest BCUT2D eigenvalue weighted by Crippen LogP contribution is -2.16. The number of ketones is 1. The van der Waals surface area contributed by atoms with Gasteiger partial charge in [-0.3, -0.25) is 4.79 Å². The average Bonchev–Trinajstić information content (AvgIpc) is 2.64. The molecule has 130 valence electrons. The van der Waals surface area contributed by atoms with E-state index in [0.29, 0.717) is 33.9 Å². The fourth-order valence-corrected chi connectivity index (χ4v) is 2.76. The highest BCUT2D eigenvalue weighted by atomic mass is 16.5. The number of carbonyl (C=O) groups is 1. The molecule has 0 radical (unpaired) electrons. The minimum absolute atomic E-state index is 0.0717. The van der Waals surface area contributed by atoms with Crippen LogP contribution in [0.25, 0.3) is 6.08 Å². The highest BCUT2D eigenvalue weighted by Gasteiger charge is 2.27. The first-order valence-corrected chi connectivity index (χ1v) is 7.59. The molecule has 0 spiro atoms. The number of carbonyl (C=O) groups excluding carboxylic acids is 1. The topological polar surface area (TPSA) is 74.2 Å². The molecule has 1 aliphatic heterocycles. The molecule has 0 aliphatic carbocycles. The standard InChI is InChI=1S/C19H18O6/c1-22-14-8-7-12-13(18(14)21)10-25-16(17(12)20)9-11-5-4-6-15(23-2)19(11)24-3/h4-9,21H,10H2,1-3H3/b16-9-. The van der Waals surface area contributed by atoms with Crippen molar-refractivity contribution in [1.82, 2.24) is 0 Å². The van der Waals surface area contributed by atoms with Crippen LogP contribution in [-0.4, -0.2) is 32.2 Å². The molecule has 1 heterocycles. The number of phenols is 1. The van der Waals surface area contributed by atoms with Crippen molar-refractivity contribution < 1.29 is 28.8 Å². The quantitative estimate of drug-likeness (QED) is 0.860. The molecule has 1 aliphatic rings. The van der Waals surface area contributed by atoms with Gasteiger partial charge in [-0.15, -0.1) is 0 Å². The van der Waals surface area contributed by atoms with Crippen molar-refractivity contribution in [2.45, 2.75) is 6.61 Å². The summed E-state index contributed by atoms with van der Waals surface area (Å²) in [5.41, 5.74) is 1.46. The van der Waals surface area contributed by atoms with Gasteiger partial charge in [-0.1, -0.05) is 12.1 Å². The van der Waals surface area contributed by atoms with Crippen molar-refractivity contribution >= 4 is 11.9 Å². The summed E-state index contributed by atoms with van der Waals surface area (Å²) in [4.78, 5) is 12.7. The molecular weight excluding hydrogens is 324 g/mol. The maximum Gasteiger partial charge on any atom is 0.228 e. The Hall–Kier alpha value is -3.15. The fraction of sp³-hybridized carbons (Fsp3) is 0.211. The van der Waals surface area contributed by atoms with Gasteiger partial charge < -0.3 is 24.1 Å². The van der Waals surface area contributed by atoms with E-state index in [0.717, 1.165) is 0 Å². The van der Waals surface area contributed by atoms with Crippen LogP contribution < -0.4 is 14.2 Å². The molecule has 0 aromatic heterocycles. The predicted molar refractivity (Wildman–Crippen MR) is 91.3 cm³/mol. The van der Waals surface area contributed by atoms with E-state index in [1.165, 1.54) is 14.2 Å². The number of hydrogen-bond acceptors (Lipinski definition) is 6. The third-order valence-corrected chi connectivity index (χ3v) is 4.03. The molecule has 2 aromatic rings. The summed E-state index contributed by atoms with van der Waals surface area (Å²) in [5.74, 6) is 1.15. The maximum absolute atomic E-state index is 12.7. The van der Waals surface area contributed by atoms with Crippen LogP contribution in [0, 0.1) is 0 Å². The number of hydrogen-bond donors (Lipinski definition) is 1. The predicted octanol–water partition coefficient (Wildman–Crippen LogP) is 3.17. The van der Waals surface area contributed by atoms with Gasteiger partial charge in [0.05, 0.1) is 21.3 Å². The molecule has 3 rings (SSSR count). The Morgan fingerprint density at radius 3 is 2.48 bits per heavy atom. The minimum atomic E-state index is -0.316. The van der Waals surface area contributed by atoms with E-state index in [1.54, 1.807) is 43.5 Å². The summed E-state index contributed by atoms with van der Waals surface area (Å²) in [7, 11) is 4.53. The van der Waals surface area contributed by atoms with Crippen LogP contribution in [0.5, 0.6) is 23.0 Å². The summed E-state index contributed by atoms with van der Waals surface area (Å²) in [5, 5.41) is 10.2. The Balaban J connectivity index is 2.03. The summed E-state index contributed by atoms with van der Waals surface area (Å²) in [6.45, 7) is 0.0717. The summed E-state index contributed by atoms with van der Waals surface area (Å²) < 4.78 is 21.3. The van der Waals surface area contributed by atoms with Crippen LogP contribution in [0.3, 0.4) is 0 Å². The number of benzene rings is 2. The smallest absolute Gasteiger partial charge is 0.228 e. The van der Waals surface area contributed by atoms with Crippen LogP contribution in [-0.2, 0) is 11.3 Å². The van der Waals surface area contributed by atoms with Crippen molar-refractivity contribution in [2.75, 3.05) is 21.3 Å². The molecule has 0 bridgehead atoms. The van der Waals surface area contributed by atoms with E-state index in [-0.39, 0.29) is 23.9 Å². The maximum atomic E-state index is 12.7. The summed E-state index contributed by atoms with van der Waals surface area (Å²) in [6, 6.07) is 8.54. The number of methoxy groups -OCH3 is 3. The number of para-hydroxylation sites is 1. The zero-order chi connectivity index (χ0) is 18.0. The number of aromatic hydroxyl groups is 1. The van der Waals surface area contributed by atoms with Crippen LogP contribution in [0.15, 0.2) is 36.1 Å². The molecule has 0 amide bonds. The van der Waals surface area contributed by atoms with Gasteiger partial charge in [0.1, 0.15) is 6.61 Å². The van der Waals surface area contributed by atoms with E-state index in [9.17, 15) is 9.90 Å². The Kier molecular flexibility index (Phi) is 4.52. The third-order valence-electron chi connectivity index (χ3n) is 4.03. The lowest BCUT2D eigenvalue weighted by atomic mass is 9.98. The van der Waals surface area contributed by atoms with Crippen molar-refractivity contribution in [3.8, 4) is 23.0 Å². The van der Waals surface area contributed by atoms with E-state index < -0.39 is 0 Å². The van der Waals surface area contributed by atoms with Crippen molar-refractivity contribution in [3.05, 3.63) is 52.8 Å². The molecule has 0 fully saturated rings. The molecule has 0 saturated carbocycles. The SMILES string of the molecule is COc1ccc2c(c1O)CO/C(=C\c1cccc(OC)c1OC)C2=O. The van der Waals surface area contributed by atoms with Gasteiger partial charge in [0, 0.05) is 16.7 Å². The van der Waals surface area contributed by atoms with E-state index in [2.05, 4.69) is 0 Å². The van der Waals surface area contributed by atoms with Crippen LogP contribution in [0.4, 0.5) is 0 Å². The monoisotopic (exact) mass is 342 g/mol. The molecule has 0 unspecified atom stereocenters. The van der Waals surface area contributed by atoms with E-state index in [1.807, 2.05) is 0 Å². The largest absolute Gasteiger partial charge is 0.504 e. The molecule has 2 aromatic carbocycles. The number of Topliss-reactive ketones (excluding diaryl/α,β-unsaturated/α-hetero) is 1. The second kappa shape index (κ2) is 6.76. The van der Waals surface area contributed by atoms with Crippen LogP contribution >= 0.6 is 0 Å². The third kappa shape index (κ3) is 2.87. The van der Waals surface area contributed by atoms with Crippen LogP contribution in [0.1, 0.15) is 21.5 Å². The number of fused-ring (bicyclic) bond motifs is 1. The Morgan fingerprint density at radius 1 is 1.04 bits per heavy atom. The zero-order valence-electron chi connectivity index (χ0n) is 14.2. The Bertz CT molecular complexity index is 853. The van der Waals surface area contributed by atoms with Gasteiger partial charge >= 0.3 is 0 Å².